The summed E-state index contributed by atoms with van der Waals surface area (Å²) in [6, 6.07) is 0. The van der Waals surface area contributed by atoms with Gasteiger partial charge in [0.25, 0.3) is 0 Å². The van der Waals surface area contributed by atoms with E-state index in [0.29, 0.717) is 11.8 Å². The second-order valence-corrected chi connectivity index (χ2v) is 9.58. The topological polar surface area (TPSA) is 20.2 Å². The van der Waals surface area contributed by atoms with Gasteiger partial charge in [0.05, 0.1) is 6.10 Å². The van der Waals surface area contributed by atoms with Crippen molar-refractivity contribution < 1.29 is 5.11 Å². The Bertz CT molecular complexity index is 488. The predicted molar refractivity (Wildman–Crippen MR) is 82.5 cm³/mol. The molecule has 0 aromatic rings. The largest absolute Gasteiger partial charge is 0.392 e. The number of aliphatic hydroxyl groups excluding tert-OH is 1. The number of allylic oxidation sites excluding steroid dienone is 1. The SMILES string of the molecule is O[C@H]1[C@H]2C[C@@H]3C[C@H](C2)C(=C2C4CC5CC(C4)CC2C5)[C@H]1C3. The van der Waals surface area contributed by atoms with E-state index in [9.17, 15) is 5.11 Å². The molecule has 1 N–H and O–H groups in total. The lowest BCUT2D eigenvalue weighted by Crippen LogP contribution is -2.52. The van der Waals surface area contributed by atoms with E-state index in [-0.39, 0.29) is 6.10 Å². The van der Waals surface area contributed by atoms with Crippen LogP contribution in [0, 0.1) is 47.3 Å². The Kier molecular flexibility index (Phi) is 2.29. The summed E-state index contributed by atoms with van der Waals surface area (Å²) >= 11 is 0. The van der Waals surface area contributed by atoms with Crippen LogP contribution in [-0.2, 0) is 0 Å². The highest BCUT2D eigenvalue weighted by molar-refractivity contribution is 5.34. The summed E-state index contributed by atoms with van der Waals surface area (Å²) in [6.07, 6.45) is 13.1. The van der Waals surface area contributed by atoms with E-state index in [1.54, 1.807) is 6.42 Å². The summed E-state index contributed by atoms with van der Waals surface area (Å²) in [4.78, 5) is 0. The van der Waals surface area contributed by atoms with E-state index in [1.165, 1.54) is 51.4 Å². The molecule has 8 aliphatic rings. The highest BCUT2D eigenvalue weighted by atomic mass is 16.3. The first-order valence-corrected chi connectivity index (χ1v) is 9.68. The van der Waals surface area contributed by atoms with Crippen LogP contribution in [-0.4, -0.2) is 11.2 Å². The van der Waals surface area contributed by atoms with Crippen molar-refractivity contribution >= 4 is 0 Å². The molecule has 0 unspecified atom stereocenters. The summed E-state index contributed by atoms with van der Waals surface area (Å²) in [5.41, 5.74) is 3.79. The Labute approximate surface area is 128 Å². The maximum Gasteiger partial charge on any atom is 0.0634 e. The van der Waals surface area contributed by atoms with Gasteiger partial charge in [0.1, 0.15) is 0 Å². The minimum atomic E-state index is 0.0255. The van der Waals surface area contributed by atoms with Crippen LogP contribution in [0.1, 0.15) is 57.8 Å². The quantitative estimate of drug-likeness (QED) is 0.662. The van der Waals surface area contributed by atoms with E-state index in [0.717, 1.165) is 35.5 Å². The first kappa shape index (κ1) is 12.2. The molecular weight excluding hydrogens is 256 g/mol. The Balaban J connectivity index is 1.47. The van der Waals surface area contributed by atoms with Gasteiger partial charge < -0.3 is 5.11 Å². The third-order valence-electron chi connectivity index (χ3n) is 8.51. The molecule has 0 saturated heterocycles. The van der Waals surface area contributed by atoms with E-state index in [2.05, 4.69) is 0 Å². The Morgan fingerprint density at radius 3 is 1.81 bits per heavy atom. The molecule has 1 heteroatoms. The summed E-state index contributed by atoms with van der Waals surface area (Å²) in [6.45, 7) is 0. The van der Waals surface area contributed by atoms with Crippen LogP contribution in [0.5, 0.6) is 0 Å². The third kappa shape index (κ3) is 1.52. The molecule has 8 fully saturated rings. The molecule has 0 aromatic heterocycles. The van der Waals surface area contributed by atoms with Crippen molar-refractivity contribution in [3.63, 3.8) is 0 Å². The fourth-order valence-corrected chi connectivity index (χ4v) is 8.26. The van der Waals surface area contributed by atoms with Gasteiger partial charge in [-0.1, -0.05) is 11.1 Å². The number of hydrogen-bond acceptors (Lipinski definition) is 1. The average molecular weight is 284 g/mol. The Morgan fingerprint density at radius 2 is 1.14 bits per heavy atom. The molecule has 0 amide bonds. The second-order valence-electron chi connectivity index (χ2n) is 9.58. The molecule has 0 aliphatic heterocycles. The van der Waals surface area contributed by atoms with Crippen LogP contribution in [0.4, 0.5) is 0 Å². The fourth-order valence-electron chi connectivity index (χ4n) is 8.26. The molecule has 0 aromatic carbocycles. The molecule has 21 heavy (non-hydrogen) atoms. The van der Waals surface area contributed by atoms with E-state index in [4.69, 9.17) is 0 Å². The zero-order valence-electron chi connectivity index (χ0n) is 13.0. The summed E-state index contributed by atoms with van der Waals surface area (Å²) in [5, 5.41) is 10.8. The molecule has 0 radical (unpaired) electrons. The molecule has 8 bridgehead atoms. The number of aliphatic hydroxyl groups is 1. The molecular formula is C20H28O. The average Bonchev–Trinajstić information content (AvgIpc) is 2.45. The van der Waals surface area contributed by atoms with Gasteiger partial charge in [0.15, 0.2) is 0 Å². The lowest BCUT2D eigenvalue weighted by Gasteiger charge is -2.59. The van der Waals surface area contributed by atoms with Gasteiger partial charge in [0.2, 0.25) is 0 Å². The molecule has 8 aliphatic carbocycles. The van der Waals surface area contributed by atoms with Gasteiger partial charge in [-0.2, -0.15) is 0 Å². The Morgan fingerprint density at radius 1 is 0.571 bits per heavy atom. The third-order valence-corrected chi connectivity index (χ3v) is 8.51. The number of rotatable bonds is 0. The van der Waals surface area contributed by atoms with Crippen LogP contribution in [0.2, 0.25) is 0 Å². The molecule has 1 nitrogen and oxygen atoms in total. The molecule has 8 rings (SSSR count). The van der Waals surface area contributed by atoms with Crippen molar-refractivity contribution in [2.45, 2.75) is 63.9 Å². The lowest BCUT2D eigenvalue weighted by molar-refractivity contribution is -0.0620. The minimum absolute atomic E-state index is 0.0255. The van der Waals surface area contributed by atoms with Crippen molar-refractivity contribution in [2.24, 2.45) is 47.3 Å². The van der Waals surface area contributed by atoms with Crippen molar-refractivity contribution in [3.8, 4) is 0 Å². The van der Waals surface area contributed by atoms with Crippen LogP contribution in [0.25, 0.3) is 0 Å². The molecule has 5 atom stereocenters. The highest BCUT2D eigenvalue weighted by Gasteiger charge is 2.54. The Hall–Kier alpha value is -0.300. The van der Waals surface area contributed by atoms with E-state index in [1.807, 2.05) is 11.1 Å². The van der Waals surface area contributed by atoms with Crippen molar-refractivity contribution in [1.82, 2.24) is 0 Å². The van der Waals surface area contributed by atoms with Gasteiger partial charge in [-0.05, 0) is 99.2 Å². The lowest BCUT2D eigenvalue weighted by atomic mass is 9.47. The van der Waals surface area contributed by atoms with Crippen molar-refractivity contribution in [3.05, 3.63) is 11.1 Å². The summed E-state index contributed by atoms with van der Waals surface area (Å²) in [5.74, 6) is 7.13. The predicted octanol–water partition coefficient (Wildman–Crippen LogP) is 4.17. The molecule has 0 heterocycles. The summed E-state index contributed by atoms with van der Waals surface area (Å²) in [7, 11) is 0. The molecule has 8 saturated carbocycles. The second kappa shape index (κ2) is 3.96. The van der Waals surface area contributed by atoms with Crippen molar-refractivity contribution in [1.29, 1.82) is 0 Å². The first-order valence-electron chi connectivity index (χ1n) is 9.68. The van der Waals surface area contributed by atoms with E-state index < -0.39 is 0 Å². The monoisotopic (exact) mass is 284 g/mol. The molecule has 0 spiro atoms. The van der Waals surface area contributed by atoms with Gasteiger partial charge in [-0.15, -0.1) is 0 Å². The van der Waals surface area contributed by atoms with Crippen LogP contribution in [0.3, 0.4) is 0 Å². The maximum absolute atomic E-state index is 10.8. The number of hydrogen-bond donors (Lipinski definition) is 1. The van der Waals surface area contributed by atoms with Gasteiger partial charge in [-0.25, -0.2) is 0 Å². The van der Waals surface area contributed by atoms with Crippen molar-refractivity contribution in [2.75, 3.05) is 0 Å². The standard InChI is InChI=1S/C20H28O/c21-20-16-7-12-6-15(9-16)19(17(20)8-12)18-13-2-10-1-11(4-13)5-14(18)3-10/h10-17,20-21H,1-9H2/t10?,11?,12-,13?,14?,15+,16-,17+,20-/m0/s1. The van der Waals surface area contributed by atoms with Gasteiger partial charge >= 0.3 is 0 Å². The zero-order valence-corrected chi connectivity index (χ0v) is 13.0. The smallest absolute Gasteiger partial charge is 0.0634 e. The first-order chi connectivity index (χ1) is 10.3. The minimum Gasteiger partial charge on any atom is -0.392 e. The fraction of sp³-hybridized carbons (Fsp3) is 0.900. The highest BCUT2D eigenvalue weighted by Crippen LogP contribution is 2.63. The van der Waals surface area contributed by atoms with Crippen LogP contribution in [0.15, 0.2) is 11.1 Å². The van der Waals surface area contributed by atoms with Gasteiger partial charge in [0, 0.05) is 5.92 Å². The zero-order chi connectivity index (χ0) is 13.7. The molecule has 114 valence electrons. The summed E-state index contributed by atoms with van der Waals surface area (Å²) < 4.78 is 0. The maximum atomic E-state index is 10.8. The van der Waals surface area contributed by atoms with Gasteiger partial charge in [-0.3, -0.25) is 0 Å². The van der Waals surface area contributed by atoms with Crippen LogP contribution >= 0.6 is 0 Å². The normalized spacial score (nSPS) is 60.1. The van der Waals surface area contributed by atoms with E-state index >= 15 is 0 Å². The van der Waals surface area contributed by atoms with Crippen LogP contribution < -0.4 is 0 Å².